The second-order valence-electron chi connectivity index (χ2n) is 4.37. The molecule has 2 heterocycles. The van der Waals surface area contributed by atoms with Gasteiger partial charge in [-0.25, -0.2) is 4.98 Å². The van der Waals surface area contributed by atoms with E-state index in [0.29, 0.717) is 5.56 Å². The molecule has 0 aromatic carbocycles. The SMILES string of the molecule is N=C(N)c1ccnc(N2CCN(CCO)CC2)c1. The number of pyridine rings is 1. The van der Waals surface area contributed by atoms with E-state index < -0.39 is 0 Å². The van der Waals surface area contributed by atoms with Crippen LogP contribution in [0.1, 0.15) is 5.56 Å². The molecule has 1 aliphatic rings. The topological polar surface area (TPSA) is 89.5 Å². The Labute approximate surface area is 107 Å². The second kappa shape index (κ2) is 5.79. The highest BCUT2D eigenvalue weighted by molar-refractivity contribution is 5.95. The van der Waals surface area contributed by atoms with Crippen LogP contribution in [0.15, 0.2) is 18.3 Å². The molecule has 18 heavy (non-hydrogen) atoms. The lowest BCUT2D eigenvalue weighted by atomic mass is 10.2. The molecule has 6 nitrogen and oxygen atoms in total. The number of hydrogen-bond donors (Lipinski definition) is 3. The van der Waals surface area contributed by atoms with Crippen molar-refractivity contribution >= 4 is 11.7 Å². The van der Waals surface area contributed by atoms with Crippen LogP contribution in [0.3, 0.4) is 0 Å². The summed E-state index contributed by atoms with van der Waals surface area (Å²) < 4.78 is 0. The molecular formula is C12H19N5O. The molecular weight excluding hydrogens is 230 g/mol. The number of anilines is 1. The number of β-amino-alcohol motifs (C(OH)–C–C–N with tert-alkyl or cyclic N) is 1. The lowest BCUT2D eigenvalue weighted by Crippen LogP contribution is -2.47. The molecule has 0 saturated carbocycles. The fourth-order valence-electron chi connectivity index (χ4n) is 2.10. The minimum absolute atomic E-state index is 0.0672. The van der Waals surface area contributed by atoms with Crippen molar-refractivity contribution in [3.05, 3.63) is 23.9 Å². The maximum atomic E-state index is 8.89. The smallest absolute Gasteiger partial charge is 0.129 e. The summed E-state index contributed by atoms with van der Waals surface area (Å²) in [6.45, 7) is 4.55. The highest BCUT2D eigenvalue weighted by atomic mass is 16.3. The van der Waals surface area contributed by atoms with E-state index in [1.54, 1.807) is 12.3 Å². The number of nitrogens with zero attached hydrogens (tertiary/aromatic N) is 3. The Hall–Kier alpha value is -1.66. The summed E-state index contributed by atoms with van der Waals surface area (Å²) in [5.41, 5.74) is 6.18. The average Bonchev–Trinajstić information content (AvgIpc) is 2.40. The molecule has 0 spiro atoms. The molecule has 1 aromatic rings. The van der Waals surface area contributed by atoms with E-state index in [2.05, 4.69) is 14.8 Å². The van der Waals surface area contributed by atoms with Gasteiger partial charge in [-0.2, -0.15) is 0 Å². The van der Waals surface area contributed by atoms with E-state index in [4.69, 9.17) is 16.2 Å². The predicted octanol–water partition coefficient (Wildman–Crippen LogP) is -0.520. The summed E-state index contributed by atoms with van der Waals surface area (Å²) in [4.78, 5) is 8.73. The van der Waals surface area contributed by atoms with Gasteiger partial charge in [0.25, 0.3) is 0 Å². The summed E-state index contributed by atoms with van der Waals surface area (Å²) in [7, 11) is 0. The standard InChI is InChI=1S/C12H19N5O/c13-12(14)10-1-2-15-11(9-10)17-5-3-16(4-6-17)7-8-18/h1-2,9,18H,3-8H2,(H3,13,14). The van der Waals surface area contributed by atoms with E-state index in [9.17, 15) is 0 Å². The van der Waals surface area contributed by atoms with Gasteiger partial charge in [0.15, 0.2) is 0 Å². The molecule has 98 valence electrons. The number of nitrogens with one attached hydrogen (secondary N) is 1. The maximum absolute atomic E-state index is 8.89. The van der Waals surface area contributed by atoms with Crippen molar-refractivity contribution in [2.45, 2.75) is 0 Å². The Balaban J connectivity index is 2.01. The molecule has 2 rings (SSSR count). The van der Waals surface area contributed by atoms with Crippen LogP contribution in [0.4, 0.5) is 5.82 Å². The van der Waals surface area contributed by atoms with Crippen LogP contribution >= 0.6 is 0 Å². The molecule has 1 aliphatic heterocycles. The van der Waals surface area contributed by atoms with E-state index in [-0.39, 0.29) is 12.4 Å². The van der Waals surface area contributed by atoms with Crippen LogP contribution in [0.25, 0.3) is 0 Å². The van der Waals surface area contributed by atoms with Crippen molar-refractivity contribution in [1.29, 1.82) is 5.41 Å². The van der Waals surface area contributed by atoms with E-state index in [1.807, 2.05) is 6.07 Å². The highest BCUT2D eigenvalue weighted by Crippen LogP contribution is 2.14. The number of hydrogen-bond acceptors (Lipinski definition) is 5. The van der Waals surface area contributed by atoms with Gasteiger partial charge in [-0.3, -0.25) is 10.3 Å². The van der Waals surface area contributed by atoms with Crippen molar-refractivity contribution < 1.29 is 5.11 Å². The third-order valence-electron chi connectivity index (χ3n) is 3.17. The van der Waals surface area contributed by atoms with Crippen LogP contribution in [-0.2, 0) is 0 Å². The number of aromatic nitrogens is 1. The summed E-state index contributed by atoms with van der Waals surface area (Å²) in [5.74, 6) is 0.934. The molecule has 1 fully saturated rings. The van der Waals surface area contributed by atoms with E-state index >= 15 is 0 Å². The first-order valence-corrected chi connectivity index (χ1v) is 6.09. The van der Waals surface area contributed by atoms with Crippen LogP contribution < -0.4 is 10.6 Å². The molecule has 0 atom stereocenters. The lowest BCUT2D eigenvalue weighted by molar-refractivity contribution is 0.188. The minimum atomic E-state index is 0.0672. The third-order valence-corrected chi connectivity index (χ3v) is 3.17. The molecule has 4 N–H and O–H groups in total. The monoisotopic (exact) mass is 249 g/mol. The Morgan fingerprint density at radius 2 is 2.11 bits per heavy atom. The normalized spacial score (nSPS) is 16.8. The van der Waals surface area contributed by atoms with Gasteiger partial charge in [0, 0.05) is 44.5 Å². The van der Waals surface area contributed by atoms with Crippen molar-refractivity contribution in [1.82, 2.24) is 9.88 Å². The van der Waals surface area contributed by atoms with Crippen LogP contribution in [0.2, 0.25) is 0 Å². The minimum Gasteiger partial charge on any atom is -0.395 e. The second-order valence-corrected chi connectivity index (χ2v) is 4.37. The first-order chi connectivity index (χ1) is 8.70. The van der Waals surface area contributed by atoms with Gasteiger partial charge in [0.05, 0.1) is 6.61 Å². The number of aliphatic hydroxyl groups excluding tert-OH is 1. The zero-order chi connectivity index (χ0) is 13.0. The van der Waals surface area contributed by atoms with Crippen LogP contribution in [0, 0.1) is 5.41 Å². The first kappa shape index (κ1) is 12.8. The van der Waals surface area contributed by atoms with Crippen molar-refractivity contribution in [2.24, 2.45) is 5.73 Å². The number of piperazine rings is 1. The van der Waals surface area contributed by atoms with Gasteiger partial charge in [-0.05, 0) is 12.1 Å². The Morgan fingerprint density at radius 1 is 1.39 bits per heavy atom. The fourth-order valence-corrected chi connectivity index (χ4v) is 2.10. The van der Waals surface area contributed by atoms with Gasteiger partial charge >= 0.3 is 0 Å². The summed E-state index contributed by atoms with van der Waals surface area (Å²) >= 11 is 0. The zero-order valence-corrected chi connectivity index (χ0v) is 10.3. The van der Waals surface area contributed by atoms with Crippen LogP contribution in [0.5, 0.6) is 0 Å². The quantitative estimate of drug-likeness (QED) is 0.493. The summed E-state index contributed by atoms with van der Waals surface area (Å²) in [5, 5.41) is 16.3. The van der Waals surface area contributed by atoms with E-state index in [0.717, 1.165) is 38.5 Å². The molecule has 1 saturated heterocycles. The Bertz CT molecular complexity index is 415. The largest absolute Gasteiger partial charge is 0.395 e. The first-order valence-electron chi connectivity index (χ1n) is 6.09. The van der Waals surface area contributed by atoms with Crippen molar-refractivity contribution in [3.8, 4) is 0 Å². The molecule has 0 aliphatic carbocycles. The highest BCUT2D eigenvalue weighted by Gasteiger charge is 2.17. The predicted molar refractivity (Wildman–Crippen MR) is 71.0 cm³/mol. The number of amidine groups is 1. The Morgan fingerprint density at radius 3 is 2.72 bits per heavy atom. The van der Waals surface area contributed by atoms with Gasteiger partial charge in [-0.15, -0.1) is 0 Å². The van der Waals surface area contributed by atoms with Gasteiger partial charge < -0.3 is 15.7 Å². The average molecular weight is 249 g/mol. The van der Waals surface area contributed by atoms with Crippen molar-refractivity contribution in [3.63, 3.8) is 0 Å². The lowest BCUT2D eigenvalue weighted by Gasteiger charge is -2.35. The number of nitrogens with two attached hydrogens (primary N) is 1. The summed E-state index contributed by atoms with van der Waals surface area (Å²) in [6, 6.07) is 3.60. The van der Waals surface area contributed by atoms with Gasteiger partial charge in [0.1, 0.15) is 11.7 Å². The molecule has 0 bridgehead atoms. The van der Waals surface area contributed by atoms with Gasteiger partial charge in [-0.1, -0.05) is 0 Å². The molecule has 0 radical (unpaired) electrons. The maximum Gasteiger partial charge on any atom is 0.129 e. The number of aliphatic hydroxyl groups is 1. The molecule has 0 unspecified atom stereocenters. The molecule has 1 aromatic heterocycles. The number of rotatable bonds is 4. The zero-order valence-electron chi connectivity index (χ0n) is 10.3. The van der Waals surface area contributed by atoms with Gasteiger partial charge in [0.2, 0.25) is 0 Å². The fraction of sp³-hybridized carbons (Fsp3) is 0.500. The molecule has 6 heteroatoms. The third kappa shape index (κ3) is 2.96. The number of nitrogen functional groups attached to an aromatic ring is 1. The van der Waals surface area contributed by atoms with E-state index in [1.165, 1.54) is 0 Å². The Kier molecular flexibility index (Phi) is 4.11. The summed E-state index contributed by atoms with van der Waals surface area (Å²) in [6.07, 6.45) is 1.69. The molecule has 0 amide bonds. The van der Waals surface area contributed by atoms with Crippen molar-refractivity contribution in [2.75, 3.05) is 44.2 Å². The van der Waals surface area contributed by atoms with Crippen LogP contribution in [-0.4, -0.2) is 60.2 Å².